The third kappa shape index (κ3) is 5.41. The van der Waals surface area contributed by atoms with E-state index in [4.69, 9.17) is 18.9 Å². The van der Waals surface area contributed by atoms with Gasteiger partial charge < -0.3 is 24.1 Å². The second-order valence-corrected chi connectivity index (χ2v) is 12.1. The molecule has 1 saturated heterocycles. The molecule has 8 atom stereocenters. The second-order valence-electron chi connectivity index (χ2n) is 12.1. The van der Waals surface area contributed by atoms with E-state index in [-0.39, 0.29) is 16.7 Å². The Morgan fingerprint density at radius 1 is 1.05 bits per heavy atom. The van der Waals surface area contributed by atoms with E-state index in [0.29, 0.717) is 0 Å². The zero-order valence-corrected chi connectivity index (χ0v) is 25.3. The summed E-state index contributed by atoms with van der Waals surface area (Å²) in [6.45, 7) is 7.61. The fraction of sp³-hybridized carbons (Fsp3) is 0.531. The molecule has 4 rings (SSSR count). The minimum atomic E-state index is -2.05. The predicted molar refractivity (Wildman–Crippen MR) is 149 cm³/mol. The number of cyclic esters (lactones) is 1. The highest BCUT2D eigenvalue weighted by Gasteiger charge is 2.67. The molecule has 1 aromatic carbocycles. The molecule has 0 spiro atoms. The second kappa shape index (κ2) is 12.0. The maximum Gasteiger partial charge on any atom is 0.338 e. The Bertz CT molecular complexity index is 1470. The number of Topliss-reactive ketones (excluding diaryl/α,β-unsaturated/α-hetero) is 2. The van der Waals surface area contributed by atoms with Gasteiger partial charge in [-0.05, 0) is 35.6 Å². The fourth-order valence-electron chi connectivity index (χ4n) is 7.22. The standard InChI is InChI=1S/C32H35NO11/c1-15-22-29(42-18(4)35)26(38)16(2)23(32(14-41-17(3)34)20(13-33)12-21(36)44-32)28(24(31(22,5)6)27(39)25(15)37)43-30(40)19-10-8-7-9-11-19/h7-11,16,20,23-24,27-29,39H,12,14H2,1-6H3/t16-,20+,23+,24?,27-,28-,29+,32-/m0/s1. The lowest BCUT2D eigenvalue weighted by Crippen LogP contribution is -2.66. The monoisotopic (exact) mass is 609 g/mol. The van der Waals surface area contributed by atoms with Crippen molar-refractivity contribution in [1.82, 2.24) is 0 Å². The molecule has 1 aromatic rings. The Morgan fingerprint density at radius 3 is 2.25 bits per heavy atom. The molecule has 12 heteroatoms. The number of carbonyl (C=O) groups excluding carboxylic acids is 6. The van der Waals surface area contributed by atoms with Crippen LogP contribution in [0.3, 0.4) is 0 Å². The summed E-state index contributed by atoms with van der Waals surface area (Å²) in [7, 11) is 0. The topological polar surface area (TPSA) is 183 Å². The molecule has 2 bridgehead atoms. The highest BCUT2D eigenvalue weighted by molar-refractivity contribution is 6.03. The average Bonchev–Trinajstić information content (AvgIpc) is 3.29. The van der Waals surface area contributed by atoms with Crippen molar-refractivity contribution in [3.8, 4) is 6.07 Å². The molecule has 12 nitrogen and oxygen atoms in total. The number of ether oxygens (including phenoxy) is 4. The Labute approximate surface area is 254 Å². The zero-order valence-electron chi connectivity index (χ0n) is 25.3. The van der Waals surface area contributed by atoms with Crippen molar-refractivity contribution >= 4 is 35.4 Å². The van der Waals surface area contributed by atoms with E-state index in [0.717, 1.165) is 13.8 Å². The number of hydrogen-bond acceptors (Lipinski definition) is 12. The summed E-state index contributed by atoms with van der Waals surface area (Å²) in [6, 6.07) is 9.86. The van der Waals surface area contributed by atoms with Gasteiger partial charge >= 0.3 is 23.9 Å². The first kappa shape index (κ1) is 32.5. The Balaban J connectivity index is 2.07. The predicted octanol–water partition coefficient (Wildman–Crippen LogP) is 2.27. The summed E-state index contributed by atoms with van der Waals surface area (Å²) in [4.78, 5) is 78.9. The number of rotatable bonds is 6. The third-order valence-electron chi connectivity index (χ3n) is 9.15. The van der Waals surface area contributed by atoms with Gasteiger partial charge in [-0.3, -0.25) is 24.0 Å². The minimum absolute atomic E-state index is 0.0222. The molecular weight excluding hydrogens is 574 g/mol. The van der Waals surface area contributed by atoms with Crippen LogP contribution in [0.25, 0.3) is 0 Å². The molecule has 3 aliphatic rings. The lowest BCUT2D eigenvalue weighted by atomic mass is 9.53. The van der Waals surface area contributed by atoms with Crippen LogP contribution >= 0.6 is 0 Å². The normalized spacial score (nSPS) is 33.0. The van der Waals surface area contributed by atoms with Gasteiger partial charge in [0.25, 0.3) is 0 Å². The first-order valence-electron chi connectivity index (χ1n) is 14.2. The first-order valence-corrected chi connectivity index (χ1v) is 14.2. The number of carbonyl (C=O) groups is 6. The lowest BCUT2D eigenvalue weighted by Gasteiger charge is -2.54. The quantitative estimate of drug-likeness (QED) is 0.367. The van der Waals surface area contributed by atoms with Gasteiger partial charge in [0.05, 0.1) is 24.0 Å². The molecule has 2 aliphatic carbocycles. The van der Waals surface area contributed by atoms with Crippen molar-refractivity contribution in [3.63, 3.8) is 0 Å². The molecule has 1 aliphatic heterocycles. The van der Waals surface area contributed by atoms with E-state index < -0.39 is 101 Å². The number of aliphatic hydroxyl groups is 1. The van der Waals surface area contributed by atoms with Gasteiger partial charge in [0.2, 0.25) is 0 Å². The first-order chi connectivity index (χ1) is 20.6. The van der Waals surface area contributed by atoms with Crippen LogP contribution < -0.4 is 0 Å². The van der Waals surface area contributed by atoms with Gasteiger partial charge in [-0.1, -0.05) is 39.0 Å². The molecule has 0 radical (unpaired) electrons. The summed E-state index contributed by atoms with van der Waals surface area (Å²) < 4.78 is 22.8. The van der Waals surface area contributed by atoms with Crippen molar-refractivity contribution < 1.29 is 52.8 Å². The summed E-state index contributed by atoms with van der Waals surface area (Å²) in [5, 5.41) is 21.8. The van der Waals surface area contributed by atoms with E-state index in [2.05, 4.69) is 0 Å². The average molecular weight is 610 g/mol. The van der Waals surface area contributed by atoms with Crippen LogP contribution in [0.2, 0.25) is 0 Å². The van der Waals surface area contributed by atoms with Crippen LogP contribution in [0.5, 0.6) is 0 Å². The summed E-state index contributed by atoms with van der Waals surface area (Å²) >= 11 is 0. The van der Waals surface area contributed by atoms with Gasteiger partial charge in [0.1, 0.15) is 24.7 Å². The number of nitriles is 1. The lowest BCUT2D eigenvalue weighted by molar-refractivity contribution is -0.199. The Kier molecular flexibility index (Phi) is 8.85. The number of hydrogen-bond donors (Lipinski definition) is 1. The van der Waals surface area contributed by atoms with E-state index in [1.54, 1.807) is 32.0 Å². The summed E-state index contributed by atoms with van der Waals surface area (Å²) in [5.41, 5.74) is -3.13. The summed E-state index contributed by atoms with van der Waals surface area (Å²) in [6.07, 6.45) is -5.36. The maximum absolute atomic E-state index is 14.4. The number of aliphatic hydroxyl groups excluding tert-OH is 1. The van der Waals surface area contributed by atoms with Crippen LogP contribution in [-0.2, 0) is 42.9 Å². The zero-order chi connectivity index (χ0) is 32.7. The SMILES string of the molecule is CC(=O)OC[C@]1([C@@H]2[C@H](C)C(=O)[C@H](OC(C)=O)C3=C(C)C(=O)[C@@H](O)C([C@H]2OC(=O)c2ccccc2)C3(C)C)OC(=O)C[C@@H]1C#N. The Hall–Kier alpha value is -4.37. The largest absolute Gasteiger partial charge is 0.462 e. The van der Waals surface area contributed by atoms with Crippen molar-refractivity contribution in [2.45, 2.75) is 71.9 Å². The van der Waals surface area contributed by atoms with Gasteiger partial charge in [-0.2, -0.15) is 5.26 Å². The number of benzene rings is 1. The highest BCUT2D eigenvalue weighted by Crippen LogP contribution is 2.56. The van der Waals surface area contributed by atoms with Gasteiger partial charge in [0, 0.05) is 25.7 Å². The van der Waals surface area contributed by atoms with Crippen molar-refractivity contribution in [2.75, 3.05) is 6.61 Å². The molecule has 234 valence electrons. The van der Waals surface area contributed by atoms with Crippen LogP contribution in [0.15, 0.2) is 41.5 Å². The molecule has 0 amide bonds. The fourth-order valence-corrected chi connectivity index (χ4v) is 7.22. The molecule has 0 aromatic heterocycles. The number of ketones is 2. The van der Waals surface area contributed by atoms with Crippen LogP contribution in [0.4, 0.5) is 0 Å². The van der Waals surface area contributed by atoms with E-state index in [9.17, 15) is 39.1 Å². The van der Waals surface area contributed by atoms with Crippen LogP contribution in [-0.4, -0.2) is 71.1 Å². The van der Waals surface area contributed by atoms with E-state index >= 15 is 0 Å². The van der Waals surface area contributed by atoms with Gasteiger partial charge in [-0.25, -0.2) is 4.79 Å². The van der Waals surface area contributed by atoms with Gasteiger partial charge in [0.15, 0.2) is 23.3 Å². The molecule has 1 N–H and O–H groups in total. The third-order valence-corrected chi connectivity index (χ3v) is 9.15. The molecular formula is C32H35NO11. The van der Waals surface area contributed by atoms with E-state index in [1.165, 1.54) is 26.0 Å². The molecule has 1 unspecified atom stereocenters. The molecule has 1 heterocycles. The van der Waals surface area contributed by atoms with Gasteiger partial charge in [-0.15, -0.1) is 0 Å². The molecule has 44 heavy (non-hydrogen) atoms. The Morgan fingerprint density at radius 2 is 1.68 bits per heavy atom. The van der Waals surface area contributed by atoms with Crippen molar-refractivity contribution in [3.05, 3.63) is 47.0 Å². The molecule has 2 fully saturated rings. The molecule has 1 saturated carbocycles. The number of fused-ring (bicyclic) bond motifs is 2. The maximum atomic E-state index is 14.4. The van der Waals surface area contributed by atoms with E-state index in [1.807, 2.05) is 6.07 Å². The number of esters is 4. The minimum Gasteiger partial charge on any atom is -0.462 e. The van der Waals surface area contributed by atoms with Crippen LogP contribution in [0.1, 0.15) is 58.3 Å². The van der Waals surface area contributed by atoms with Crippen molar-refractivity contribution in [1.29, 1.82) is 5.26 Å². The smallest absolute Gasteiger partial charge is 0.338 e. The van der Waals surface area contributed by atoms with Crippen LogP contribution in [0, 0.1) is 40.4 Å². The number of nitrogens with zero attached hydrogens (tertiary/aromatic N) is 1. The van der Waals surface area contributed by atoms with Crippen molar-refractivity contribution in [2.24, 2.45) is 29.1 Å². The highest BCUT2D eigenvalue weighted by atomic mass is 16.6. The summed E-state index contributed by atoms with van der Waals surface area (Å²) in [5.74, 6) is -10.2.